The van der Waals surface area contributed by atoms with Gasteiger partial charge in [-0.1, -0.05) is 6.92 Å². The highest BCUT2D eigenvalue weighted by atomic mass is 16.2. The lowest BCUT2D eigenvalue weighted by Gasteiger charge is -2.10. The van der Waals surface area contributed by atoms with E-state index < -0.39 is 0 Å². The van der Waals surface area contributed by atoms with E-state index >= 15 is 0 Å². The second-order valence-corrected chi connectivity index (χ2v) is 4.71. The van der Waals surface area contributed by atoms with Crippen LogP contribution in [0.1, 0.15) is 19.0 Å². The van der Waals surface area contributed by atoms with Crippen molar-refractivity contribution >= 4 is 17.4 Å². The molecule has 112 valence electrons. The maximum Gasteiger partial charge on any atom is 0.318 e. The molecule has 0 saturated heterocycles. The quantitative estimate of drug-likeness (QED) is 0.765. The van der Waals surface area contributed by atoms with Crippen LogP contribution in [-0.4, -0.2) is 22.6 Å². The fourth-order valence-corrected chi connectivity index (χ4v) is 2.00. The third-order valence-corrected chi connectivity index (χ3v) is 3.11. The average Bonchev–Trinajstić information content (AvgIpc) is 2.94. The van der Waals surface area contributed by atoms with Gasteiger partial charge in [-0.2, -0.15) is 0 Å². The fraction of sp³-hybridized carbons (Fsp3) is 0.333. The predicted octanol–water partition coefficient (Wildman–Crippen LogP) is 2.66. The Kier molecular flexibility index (Phi) is 5.20. The number of imidazole rings is 1. The molecule has 0 aliphatic rings. The zero-order chi connectivity index (χ0) is 15.1. The number of hydrogen-bond acceptors (Lipinski definition) is 3. The number of amides is 2. The Hall–Kier alpha value is -2.50. The molecule has 0 aliphatic carbocycles. The lowest BCUT2D eigenvalue weighted by atomic mass is 10.2. The van der Waals surface area contributed by atoms with Gasteiger partial charge in [-0.25, -0.2) is 9.78 Å². The summed E-state index contributed by atoms with van der Waals surface area (Å²) in [5, 5.41) is 8.59. The first kappa shape index (κ1) is 14.9. The van der Waals surface area contributed by atoms with E-state index in [1.165, 1.54) is 0 Å². The molecule has 0 spiro atoms. The highest BCUT2D eigenvalue weighted by Gasteiger charge is 2.02. The number of carbonyl (C=O) groups is 1. The molecule has 0 saturated carbocycles. The van der Waals surface area contributed by atoms with Crippen molar-refractivity contribution in [2.45, 2.75) is 26.4 Å². The molecule has 2 aromatic rings. The monoisotopic (exact) mass is 287 g/mol. The second kappa shape index (κ2) is 7.33. The van der Waals surface area contributed by atoms with Crippen LogP contribution in [0.3, 0.4) is 0 Å². The number of anilines is 2. The molecule has 2 rings (SSSR count). The lowest BCUT2D eigenvalue weighted by Crippen LogP contribution is -2.24. The standard InChI is InChI=1S/C15H21N5O/c1-3-8-20-11-17-9-14(20)10-18-12-4-6-13(7-5-12)19-15(21)16-2/h4-7,9,11,18H,3,8,10H2,1-2H3,(H2,16,19,21). The van der Waals surface area contributed by atoms with Crippen LogP contribution in [0.4, 0.5) is 16.2 Å². The maximum absolute atomic E-state index is 11.2. The summed E-state index contributed by atoms with van der Waals surface area (Å²) in [5.74, 6) is 0. The van der Waals surface area contributed by atoms with Crippen LogP contribution in [0.15, 0.2) is 36.8 Å². The Morgan fingerprint density at radius 3 is 2.62 bits per heavy atom. The van der Waals surface area contributed by atoms with Crippen molar-refractivity contribution in [2.24, 2.45) is 0 Å². The van der Waals surface area contributed by atoms with Gasteiger partial charge in [0, 0.05) is 31.2 Å². The molecule has 0 atom stereocenters. The van der Waals surface area contributed by atoms with Gasteiger partial charge in [0.1, 0.15) is 0 Å². The van der Waals surface area contributed by atoms with Crippen LogP contribution in [0.2, 0.25) is 0 Å². The van der Waals surface area contributed by atoms with Crippen molar-refractivity contribution in [3.05, 3.63) is 42.5 Å². The second-order valence-electron chi connectivity index (χ2n) is 4.71. The minimum Gasteiger partial charge on any atom is -0.379 e. The van der Waals surface area contributed by atoms with Crippen LogP contribution in [-0.2, 0) is 13.1 Å². The van der Waals surface area contributed by atoms with Crippen molar-refractivity contribution in [2.75, 3.05) is 17.7 Å². The van der Waals surface area contributed by atoms with E-state index in [4.69, 9.17) is 0 Å². The molecular formula is C15H21N5O. The molecule has 3 N–H and O–H groups in total. The Bertz CT molecular complexity index is 576. The van der Waals surface area contributed by atoms with Crippen molar-refractivity contribution in [1.29, 1.82) is 0 Å². The minimum absolute atomic E-state index is 0.223. The Morgan fingerprint density at radius 1 is 1.24 bits per heavy atom. The van der Waals surface area contributed by atoms with Crippen molar-refractivity contribution < 1.29 is 4.79 Å². The molecular weight excluding hydrogens is 266 g/mol. The number of nitrogens with one attached hydrogen (secondary N) is 3. The van der Waals surface area contributed by atoms with Crippen LogP contribution in [0.5, 0.6) is 0 Å². The topological polar surface area (TPSA) is 71.0 Å². The normalized spacial score (nSPS) is 10.2. The molecule has 21 heavy (non-hydrogen) atoms. The number of aromatic nitrogens is 2. The first-order valence-corrected chi connectivity index (χ1v) is 7.04. The van der Waals surface area contributed by atoms with Gasteiger partial charge in [0.15, 0.2) is 0 Å². The van der Waals surface area contributed by atoms with Gasteiger partial charge in [0.05, 0.1) is 18.6 Å². The number of carbonyl (C=O) groups excluding carboxylic acids is 1. The van der Waals surface area contributed by atoms with E-state index in [0.29, 0.717) is 0 Å². The van der Waals surface area contributed by atoms with Gasteiger partial charge in [-0.15, -0.1) is 0 Å². The fourth-order valence-electron chi connectivity index (χ4n) is 2.00. The number of aryl methyl sites for hydroxylation is 1. The molecule has 1 heterocycles. The van der Waals surface area contributed by atoms with Gasteiger partial charge < -0.3 is 20.5 Å². The van der Waals surface area contributed by atoms with Gasteiger partial charge in [0.2, 0.25) is 0 Å². The van der Waals surface area contributed by atoms with E-state index in [2.05, 4.69) is 32.4 Å². The van der Waals surface area contributed by atoms with Crippen LogP contribution >= 0.6 is 0 Å². The first-order valence-electron chi connectivity index (χ1n) is 7.04. The van der Waals surface area contributed by atoms with E-state index in [9.17, 15) is 4.79 Å². The summed E-state index contributed by atoms with van der Waals surface area (Å²) in [6.45, 7) is 3.85. The van der Waals surface area contributed by atoms with Crippen LogP contribution in [0.25, 0.3) is 0 Å². The molecule has 0 fully saturated rings. The lowest BCUT2D eigenvalue weighted by molar-refractivity contribution is 0.254. The number of rotatable bonds is 6. The van der Waals surface area contributed by atoms with Crippen LogP contribution in [0, 0.1) is 0 Å². The predicted molar refractivity (Wildman–Crippen MR) is 84.4 cm³/mol. The molecule has 1 aromatic carbocycles. The van der Waals surface area contributed by atoms with E-state index in [1.54, 1.807) is 7.05 Å². The van der Waals surface area contributed by atoms with Crippen molar-refractivity contribution in [3.63, 3.8) is 0 Å². The van der Waals surface area contributed by atoms with Gasteiger partial charge in [0.25, 0.3) is 0 Å². The number of hydrogen-bond donors (Lipinski definition) is 3. The van der Waals surface area contributed by atoms with E-state index in [0.717, 1.165) is 36.6 Å². The Labute approximate surface area is 124 Å². The largest absolute Gasteiger partial charge is 0.379 e. The number of urea groups is 1. The Morgan fingerprint density at radius 2 is 1.95 bits per heavy atom. The highest BCUT2D eigenvalue weighted by Crippen LogP contribution is 2.14. The minimum atomic E-state index is -0.223. The molecule has 0 aliphatic heterocycles. The van der Waals surface area contributed by atoms with E-state index in [-0.39, 0.29) is 6.03 Å². The van der Waals surface area contributed by atoms with Crippen molar-refractivity contribution in [3.8, 4) is 0 Å². The summed E-state index contributed by atoms with van der Waals surface area (Å²) in [6, 6.07) is 7.37. The summed E-state index contributed by atoms with van der Waals surface area (Å²) < 4.78 is 2.15. The summed E-state index contributed by atoms with van der Waals surface area (Å²) in [7, 11) is 1.59. The average molecular weight is 287 g/mol. The van der Waals surface area contributed by atoms with Gasteiger partial charge in [-0.3, -0.25) is 0 Å². The van der Waals surface area contributed by atoms with Gasteiger partial charge in [-0.05, 0) is 30.7 Å². The zero-order valence-electron chi connectivity index (χ0n) is 12.4. The van der Waals surface area contributed by atoms with Crippen LogP contribution < -0.4 is 16.0 Å². The smallest absolute Gasteiger partial charge is 0.318 e. The molecule has 2 amide bonds. The molecule has 0 bridgehead atoms. The zero-order valence-corrected chi connectivity index (χ0v) is 12.4. The molecule has 0 radical (unpaired) electrons. The molecule has 1 aromatic heterocycles. The van der Waals surface area contributed by atoms with Crippen molar-refractivity contribution in [1.82, 2.24) is 14.9 Å². The highest BCUT2D eigenvalue weighted by molar-refractivity contribution is 5.89. The summed E-state index contributed by atoms with van der Waals surface area (Å²) in [5.41, 5.74) is 2.92. The summed E-state index contributed by atoms with van der Waals surface area (Å²) in [4.78, 5) is 15.4. The summed E-state index contributed by atoms with van der Waals surface area (Å²) >= 11 is 0. The molecule has 6 heteroatoms. The third kappa shape index (κ3) is 4.24. The summed E-state index contributed by atoms with van der Waals surface area (Å²) in [6.07, 6.45) is 4.82. The molecule has 6 nitrogen and oxygen atoms in total. The SMILES string of the molecule is CCCn1cncc1CNc1ccc(NC(=O)NC)cc1. The van der Waals surface area contributed by atoms with Gasteiger partial charge >= 0.3 is 6.03 Å². The van der Waals surface area contributed by atoms with E-state index in [1.807, 2.05) is 36.8 Å². The Balaban J connectivity index is 1.91. The third-order valence-electron chi connectivity index (χ3n) is 3.11. The molecule has 0 unspecified atom stereocenters. The number of benzene rings is 1. The first-order chi connectivity index (χ1) is 10.2. The maximum atomic E-state index is 11.2. The number of nitrogens with zero attached hydrogens (tertiary/aromatic N) is 2.